The molecule has 0 unspecified atom stereocenters. The number of esters is 1. The quantitative estimate of drug-likeness (QED) is 0.148. The van der Waals surface area contributed by atoms with E-state index in [1.165, 1.54) is 11.3 Å². The molecule has 5 aromatic rings. The number of hydrogen-bond acceptors (Lipinski definition) is 8. The summed E-state index contributed by atoms with van der Waals surface area (Å²) in [4.78, 5) is 33.5. The first-order valence-corrected chi connectivity index (χ1v) is 16.6. The molecule has 0 amide bonds. The first kappa shape index (κ1) is 33.1. The van der Waals surface area contributed by atoms with E-state index in [9.17, 15) is 9.59 Å². The number of fused-ring (bicyclic) bond motifs is 1. The van der Waals surface area contributed by atoms with Gasteiger partial charge in [-0.2, -0.15) is 0 Å². The molecule has 0 spiro atoms. The predicted octanol–water partition coefficient (Wildman–Crippen LogP) is 6.84. The molecule has 0 aliphatic carbocycles. The second kappa shape index (κ2) is 14.5. The van der Waals surface area contributed by atoms with Crippen LogP contribution in [0, 0.1) is 0 Å². The predicted molar refractivity (Wildman–Crippen MR) is 188 cm³/mol. The summed E-state index contributed by atoms with van der Waals surface area (Å²) < 4.78 is 24.7. The van der Waals surface area contributed by atoms with E-state index >= 15 is 0 Å². The van der Waals surface area contributed by atoms with Crippen LogP contribution in [-0.4, -0.2) is 31.4 Å². The summed E-state index contributed by atoms with van der Waals surface area (Å²) in [7, 11) is 3.13. The minimum absolute atomic E-state index is 0.138. The van der Waals surface area contributed by atoms with Crippen LogP contribution < -0.4 is 29.1 Å². The lowest BCUT2D eigenvalue weighted by molar-refractivity contribution is -0.138. The fraction of sp³-hybridized carbons (Fsp3) is 0.162. The Kier molecular flexibility index (Phi) is 10.0. The zero-order valence-electron chi connectivity index (χ0n) is 26.2. The van der Waals surface area contributed by atoms with E-state index in [2.05, 4.69) is 0 Å². The van der Waals surface area contributed by atoms with Crippen molar-refractivity contribution in [3.05, 3.63) is 149 Å². The highest BCUT2D eigenvalue weighted by Gasteiger charge is 2.35. The highest BCUT2D eigenvalue weighted by Crippen LogP contribution is 2.36. The maximum absolute atomic E-state index is 14.4. The van der Waals surface area contributed by atoms with Crippen molar-refractivity contribution in [1.29, 1.82) is 0 Å². The summed E-state index contributed by atoms with van der Waals surface area (Å²) in [6.07, 6.45) is 1.74. The van der Waals surface area contributed by atoms with Gasteiger partial charge in [0.25, 0.3) is 5.56 Å². The lowest BCUT2D eigenvalue weighted by Crippen LogP contribution is -2.40. The first-order valence-electron chi connectivity index (χ1n) is 15.0. The normalized spacial score (nSPS) is 14.3. The third kappa shape index (κ3) is 6.62. The summed E-state index contributed by atoms with van der Waals surface area (Å²) in [6, 6.07) is 26.5. The molecule has 1 aliphatic rings. The van der Waals surface area contributed by atoms with Crippen LogP contribution in [0.5, 0.6) is 17.2 Å². The van der Waals surface area contributed by atoms with Crippen LogP contribution in [0.2, 0.25) is 10.0 Å². The number of nitrogens with zero attached hydrogens (tertiary/aromatic N) is 2. The van der Waals surface area contributed by atoms with Gasteiger partial charge in [0.2, 0.25) is 0 Å². The molecule has 4 aromatic carbocycles. The Bertz CT molecular complexity index is 2190. The zero-order valence-corrected chi connectivity index (χ0v) is 28.6. The van der Waals surface area contributed by atoms with Crippen molar-refractivity contribution in [1.82, 2.24) is 4.57 Å². The molecule has 1 aromatic heterocycles. The molecule has 48 heavy (non-hydrogen) atoms. The SMILES string of the molecule is CCOC(=O)C1=C(c2ccccc2)N=c2s/c(=C\c3cccc(OC)c3OCc3ccc(Cl)cc3Cl)c(=O)n2[C@@H]1c1ccc(OC)cc1. The van der Waals surface area contributed by atoms with Gasteiger partial charge in [-0.1, -0.05) is 95.2 Å². The molecule has 11 heteroatoms. The lowest BCUT2D eigenvalue weighted by Gasteiger charge is -2.26. The van der Waals surface area contributed by atoms with Crippen LogP contribution in [-0.2, 0) is 16.1 Å². The van der Waals surface area contributed by atoms with E-state index in [-0.39, 0.29) is 24.3 Å². The van der Waals surface area contributed by atoms with Crippen LogP contribution in [0.1, 0.15) is 35.2 Å². The van der Waals surface area contributed by atoms with Crippen LogP contribution in [0.25, 0.3) is 11.8 Å². The summed E-state index contributed by atoms with van der Waals surface area (Å²) in [5.74, 6) is 0.996. The van der Waals surface area contributed by atoms with Gasteiger partial charge in [-0.15, -0.1) is 0 Å². The number of rotatable bonds is 10. The van der Waals surface area contributed by atoms with E-state index in [1.54, 1.807) is 68.2 Å². The number of aromatic nitrogens is 1. The number of thiazole rings is 1. The molecule has 8 nitrogen and oxygen atoms in total. The van der Waals surface area contributed by atoms with Crippen molar-refractivity contribution < 1.29 is 23.7 Å². The van der Waals surface area contributed by atoms with Crippen LogP contribution in [0.3, 0.4) is 0 Å². The number of methoxy groups -OCH3 is 2. The molecule has 1 aliphatic heterocycles. The number of hydrogen-bond donors (Lipinski definition) is 0. The van der Waals surface area contributed by atoms with Gasteiger partial charge in [-0.05, 0) is 48.9 Å². The van der Waals surface area contributed by atoms with Crippen molar-refractivity contribution >= 4 is 52.3 Å². The number of halogens is 2. The van der Waals surface area contributed by atoms with Gasteiger partial charge in [0.05, 0.1) is 42.7 Å². The Morgan fingerprint density at radius 2 is 1.73 bits per heavy atom. The van der Waals surface area contributed by atoms with Gasteiger partial charge in [0, 0.05) is 26.7 Å². The fourth-order valence-corrected chi connectivity index (χ4v) is 6.89. The second-order valence-electron chi connectivity index (χ2n) is 10.6. The Hall–Kier alpha value is -4.83. The van der Waals surface area contributed by atoms with Crippen LogP contribution in [0.15, 0.2) is 106 Å². The maximum atomic E-state index is 14.4. The van der Waals surface area contributed by atoms with E-state index in [1.807, 2.05) is 54.6 Å². The number of carbonyl (C=O) groups is 1. The molecule has 0 fully saturated rings. The smallest absolute Gasteiger partial charge is 0.338 e. The summed E-state index contributed by atoms with van der Waals surface area (Å²) in [5, 5.41) is 0.990. The number of carbonyl (C=O) groups excluding carboxylic acids is 1. The van der Waals surface area contributed by atoms with Crippen molar-refractivity contribution in [3.63, 3.8) is 0 Å². The molecular weight excluding hydrogens is 671 g/mol. The molecule has 1 atom stereocenters. The molecule has 2 heterocycles. The van der Waals surface area contributed by atoms with Gasteiger partial charge in [-0.3, -0.25) is 9.36 Å². The third-order valence-electron chi connectivity index (χ3n) is 7.71. The second-order valence-corrected chi connectivity index (χ2v) is 12.5. The molecule has 244 valence electrons. The molecule has 0 saturated heterocycles. The van der Waals surface area contributed by atoms with Gasteiger partial charge >= 0.3 is 5.97 Å². The topological polar surface area (TPSA) is 88.4 Å². The average Bonchev–Trinajstić information content (AvgIpc) is 3.41. The molecule has 0 N–H and O–H groups in total. The number of ether oxygens (including phenoxy) is 4. The minimum atomic E-state index is -0.823. The zero-order chi connectivity index (χ0) is 33.8. The monoisotopic (exact) mass is 700 g/mol. The van der Waals surface area contributed by atoms with Crippen LogP contribution in [0.4, 0.5) is 0 Å². The average molecular weight is 702 g/mol. The Morgan fingerprint density at radius 1 is 0.958 bits per heavy atom. The van der Waals surface area contributed by atoms with Crippen molar-refractivity contribution in [2.24, 2.45) is 4.99 Å². The summed E-state index contributed by atoms with van der Waals surface area (Å²) in [5.41, 5.74) is 3.13. The van der Waals surface area contributed by atoms with Crippen LogP contribution >= 0.6 is 34.5 Å². The first-order chi connectivity index (χ1) is 23.3. The lowest BCUT2D eigenvalue weighted by atomic mass is 9.93. The highest BCUT2D eigenvalue weighted by molar-refractivity contribution is 7.07. The number of benzene rings is 4. The summed E-state index contributed by atoms with van der Waals surface area (Å²) >= 11 is 13.7. The molecular formula is C37H30Cl2N2O6S. The van der Waals surface area contributed by atoms with Crippen molar-refractivity contribution in [2.75, 3.05) is 20.8 Å². The Morgan fingerprint density at radius 3 is 2.42 bits per heavy atom. The molecule has 0 bridgehead atoms. The Labute approximate surface area is 290 Å². The van der Waals surface area contributed by atoms with E-state index in [4.69, 9.17) is 47.1 Å². The van der Waals surface area contributed by atoms with Gasteiger partial charge in [0.15, 0.2) is 16.3 Å². The summed E-state index contributed by atoms with van der Waals surface area (Å²) in [6.45, 7) is 2.04. The molecule has 6 rings (SSSR count). The molecule has 0 saturated carbocycles. The highest BCUT2D eigenvalue weighted by atomic mass is 35.5. The third-order valence-corrected chi connectivity index (χ3v) is 9.28. The van der Waals surface area contributed by atoms with Gasteiger partial charge in [-0.25, -0.2) is 9.79 Å². The van der Waals surface area contributed by atoms with Gasteiger partial charge < -0.3 is 18.9 Å². The largest absolute Gasteiger partial charge is 0.497 e. The molecule has 0 radical (unpaired) electrons. The minimum Gasteiger partial charge on any atom is -0.497 e. The fourth-order valence-electron chi connectivity index (χ4n) is 5.43. The Balaban J connectivity index is 1.54. The maximum Gasteiger partial charge on any atom is 0.338 e. The standard InChI is InChI=1S/C37H30Cl2N2O6S/c1-4-46-36(43)31-32(22-9-6-5-7-10-22)40-37-41(33(31)23-14-17-27(44-2)18-15-23)35(42)30(48-37)19-24-11-8-12-29(45-3)34(24)47-21-25-13-16-26(38)20-28(25)39/h5-20,33H,4,21H2,1-3H3/b30-19-/t33-/m1/s1. The van der Waals surface area contributed by atoms with E-state index in [0.29, 0.717) is 53.5 Å². The van der Waals surface area contributed by atoms with Gasteiger partial charge in [0.1, 0.15) is 12.4 Å². The van der Waals surface area contributed by atoms with Crippen molar-refractivity contribution in [2.45, 2.75) is 19.6 Å². The number of para-hydroxylation sites is 1. The van der Waals surface area contributed by atoms with E-state index in [0.717, 1.165) is 11.1 Å². The van der Waals surface area contributed by atoms with Crippen molar-refractivity contribution in [3.8, 4) is 17.2 Å². The van der Waals surface area contributed by atoms with E-state index < -0.39 is 12.0 Å².